The number of hydrogen-bond donors (Lipinski definition) is 0. The van der Waals surface area contributed by atoms with Crippen molar-refractivity contribution in [1.29, 1.82) is 5.26 Å². The molecule has 0 saturated heterocycles. The monoisotopic (exact) mass is 263 g/mol. The summed E-state index contributed by atoms with van der Waals surface area (Å²) in [5.74, 6) is 6.60. The van der Waals surface area contributed by atoms with Gasteiger partial charge in [0.25, 0.3) is 0 Å². The molecule has 4 heteroatoms. The summed E-state index contributed by atoms with van der Waals surface area (Å²) in [5, 5.41) is 9.22. The van der Waals surface area contributed by atoms with E-state index >= 15 is 0 Å². The number of thioether (sulfide) groups is 1. The summed E-state index contributed by atoms with van der Waals surface area (Å²) in [6.45, 7) is 1.54. The minimum atomic E-state index is 0.105. The summed E-state index contributed by atoms with van der Waals surface area (Å²) in [7, 11) is 0. The molecule has 0 spiro atoms. The predicted octanol–water partition coefficient (Wildman–Crippen LogP) is 3.23. The zero-order valence-electron chi connectivity index (χ0n) is 9.29. The van der Waals surface area contributed by atoms with Crippen LogP contribution in [0.5, 0.6) is 0 Å². The zero-order chi connectivity index (χ0) is 12.7. The van der Waals surface area contributed by atoms with Gasteiger partial charge in [0.2, 0.25) is 0 Å². The molecule has 0 unspecified atom stereocenters. The highest BCUT2D eigenvalue weighted by Crippen LogP contribution is 2.16. The van der Waals surface area contributed by atoms with Crippen molar-refractivity contribution in [3.05, 3.63) is 34.3 Å². The van der Waals surface area contributed by atoms with Gasteiger partial charge >= 0.3 is 0 Å². The SMILES string of the molecule is CC(=O)SCCC#Cc1ccc(C#N)c(Cl)c1. The standard InChI is InChI=1S/C13H10ClNOS/c1-10(16)17-7-3-2-4-11-5-6-12(9-15)13(14)8-11/h5-6,8H,3,7H2,1H3. The first-order valence-electron chi connectivity index (χ1n) is 4.95. The topological polar surface area (TPSA) is 40.9 Å². The van der Waals surface area contributed by atoms with Crippen LogP contribution in [0.2, 0.25) is 5.02 Å². The van der Waals surface area contributed by atoms with Gasteiger partial charge in [-0.25, -0.2) is 0 Å². The Labute approximate surface area is 110 Å². The van der Waals surface area contributed by atoms with Crippen molar-refractivity contribution in [2.24, 2.45) is 0 Å². The lowest BCUT2D eigenvalue weighted by atomic mass is 10.1. The molecular weight excluding hydrogens is 254 g/mol. The van der Waals surface area contributed by atoms with E-state index in [2.05, 4.69) is 11.8 Å². The lowest BCUT2D eigenvalue weighted by Crippen LogP contribution is -1.84. The largest absolute Gasteiger partial charge is 0.288 e. The average molecular weight is 264 g/mol. The van der Waals surface area contributed by atoms with Crippen LogP contribution in [0.15, 0.2) is 18.2 Å². The molecule has 0 aliphatic rings. The van der Waals surface area contributed by atoms with Gasteiger partial charge in [0, 0.05) is 24.7 Å². The van der Waals surface area contributed by atoms with Crippen molar-refractivity contribution in [2.45, 2.75) is 13.3 Å². The van der Waals surface area contributed by atoms with E-state index in [4.69, 9.17) is 16.9 Å². The summed E-state index contributed by atoms with van der Waals surface area (Å²) in [4.78, 5) is 10.7. The molecule has 0 aliphatic heterocycles. The number of halogens is 1. The highest BCUT2D eigenvalue weighted by Gasteiger charge is 1.98. The molecule has 0 atom stereocenters. The lowest BCUT2D eigenvalue weighted by molar-refractivity contribution is -0.109. The van der Waals surface area contributed by atoms with E-state index in [-0.39, 0.29) is 5.12 Å². The van der Waals surface area contributed by atoms with Gasteiger partial charge in [-0.2, -0.15) is 5.26 Å². The van der Waals surface area contributed by atoms with Crippen molar-refractivity contribution in [3.8, 4) is 17.9 Å². The van der Waals surface area contributed by atoms with Crippen LogP contribution in [0.4, 0.5) is 0 Å². The van der Waals surface area contributed by atoms with Crippen LogP contribution in [0.3, 0.4) is 0 Å². The molecule has 0 saturated carbocycles. The smallest absolute Gasteiger partial charge is 0.185 e. The predicted molar refractivity (Wildman–Crippen MR) is 70.8 cm³/mol. The van der Waals surface area contributed by atoms with Crippen LogP contribution >= 0.6 is 23.4 Å². The highest BCUT2D eigenvalue weighted by atomic mass is 35.5. The number of benzene rings is 1. The summed E-state index contributed by atoms with van der Waals surface area (Å²) in [6.07, 6.45) is 0.655. The Morgan fingerprint density at radius 3 is 2.88 bits per heavy atom. The van der Waals surface area contributed by atoms with Gasteiger partial charge in [0.1, 0.15) is 6.07 Å². The maximum Gasteiger partial charge on any atom is 0.185 e. The second kappa shape index (κ2) is 7.01. The fraction of sp³-hybridized carbons (Fsp3) is 0.231. The number of carbonyl (C=O) groups is 1. The Bertz CT molecular complexity index is 522. The van der Waals surface area contributed by atoms with E-state index in [1.165, 1.54) is 11.8 Å². The van der Waals surface area contributed by atoms with Crippen LogP contribution in [0, 0.1) is 23.2 Å². The summed E-state index contributed by atoms with van der Waals surface area (Å²) < 4.78 is 0. The number of hydrogen-bond acceptors (Lipinski definition) is 3. The third-order valence-corrected chi connectivity index (χ3v) is 2.98. The van der Waals surface area contributed by atoms with Gasteiger partial charge in [0.15, 0.2) is 5.12 Å². The third-order valence-electron chi connectivity index (χ3n) is 1.85. The normalized spacial score (nSPS) is 9.00. The Balaban J connectivity index is 2.58. The first-order valence-corrected chi connectivity index (χ1v) is 6.31. The zero-order valence-corrected chi connectivity index (χ0v) is 10.9. The van der Waals surface area contributed by atoms with E-state index in [0.29, 0.717) is 22.8 Å². The van der Waals surface area contributed by atoms with Gasteiger partial charge in [-0.3, -0.25) is 4.79 Å². The maximum atomic E-state index is 10.7. The van der Waals surface area contributed by atoms with Crippen molar-refractivity contribution in [2.75, 3.05) is 5.75 Å². The molecule has 1 aromatic carbocycles. The second-order valence-corrected chi connectivity index (χ2v) is 4.88. The first kappa shape index (κ1) is 13.6. The van der Waals surface area contributed by atoms with Gasteiger partial charge in [-0.1, -0.05) is 35.2 Å². The molecule has 0 fully saturated rings. The molecule has 1 rings (SSSR count). The van der Waals surface area contributed by atoms with Crippen molar-refractivity contribution < 1.29 is 4.79 Å². The number of nitrogens with zero attached hydrogens (tertiary/aromatic N) is 1. The fourth-order valence-electron chi connectivity index (χ4n) is 1.09. The van der Waals surface area contributed by atoms with Crippen molar-refractivity contribution in [3.63, 3.8) is 0 Å². The molecule has 0 N–H and O–H groups in total. The minimum Gasteiger partial charge on any atom is -0.288 e. The van der Waals surface area contributed by atoms with Gasteiger partial charge in [0.05, 0.1) is 10.6 Å². The van der Waals surface area contributed by atoms with E-state index in [1.54, 1.807) is 25.1 Å². The van der Waals surface area contributed by atoms with Crippen LogP contribution in [0.25, 0.3) is 0 Å². The molecule has 0 aromatic heterocycles. The molecule has 2 nitrogen and oxygen atoms in total. The Morgan fingerprint density at radius 1 is 1.53 bits per heavy atom. The van der Waals surface area contributed by atoms with E-state index in [9.17, 15) is 4.79 Å². The average Bonchev–Trinajstić information content (AvgIpc) is 2.28. The molecule has 0 bridgehead atoms. The molecule has 0 aliphatic carbocycles. The number of carbonyl (C=O) groups excluding carboxylic acids is 1. The molecule has 86 valence electrons. The summed E-state index contributed by atoms with van der Waals surface area (Å²) in [6, 6.07) is 7.07. The van der Waals surface area contributed by atoms with Crippen LogP contribution in [-0.2, 0) is 4.79 Å². The molecule has 0 heterocycles. The molecule has 0 amide bonds. The summed E-state index contributed by atoms with van der Waals surface area (Å²) in [5.41, 5.74) is 1.23. The van der Waals surface area contributed by atoms with Crippen molar-refractivity contribution >= 4 is 28.5 Å². The maximum absolute atomic E-state index is 10.7. The van der Waals surface area contributed by atoms with Crippen molar-refractivity contribution in [1.82, 2.24) is 0 Å². The minimum absolute atomic E-state index is 0.105. The Kier molecular flexibility index (Phi) is 5.63. The molecule has 0 radical (unpaired) electrons. The third kappa shape index (κ3) is 4.95. The number of nitriles is 1. The lowest BCUT2D eigenvalue weighted by Gasteiger charge is -1.95. The molecule has 17 heavy (non-hydrogen) atoms. The van der Waals surface area contributed by atoms with Crippen LogP contribution in [0.1, 0.15) is 24.5 Å². The second-order valence-electron chi connectivity index (χ2n) is 3.20. The van der Waals surface area contributed by atoms with Gasteiger partial charge < -0.3 is 0 Å². The van der Waals surface area contributed by atoms with Crippen LogP contribution in [-0.4, -0.2) is 10.9 Å². The van der Waals surface area contributed by atoms with E-state index in [1.807, 2.05) is 6.07 Å². The quantitative estimate of drug-likeness (QED) is 0.608. The van der Waals surface area contributed by atoms with E-state index < -0.39 is 0 Å². The van der Waals surface area contributed by atoms with Crippen LogP contribution < -0.4 is 0 Å². The Morgan fingerprint density at radius 2 is 2.29 bits per heavy atom. The molecular formula is C13H10ClNOS. The number of rotatable bonds is 2. The molecule has 1 aromatic rings. The highest BCUT2D eigenvalue weighted by molar-refractivity contribution is 8.13. The Hall–Kier alpha value is -1.42. The van der Waals surface area contributed by atoms with Gasteiger partial charge in [-0.05, 0) is 18.2 Å². The van der Waals surface area contributed by atoms with E-state index in [0.717, 1.165) is 5.56 Å². The van der Waals surface area contributed by atoms with Gasteiger partial charge in [-0.15, -0.1) is 0 Å². The first-order chi connectivity index (χ1) is 8.13. The summed E-state index contributed by atoms with van der Waals surface area (Å²) >= 11 is 7.14. The fourth-order valence-corrected chi connectivity index (χ4v) is 1.81.